The molecule has 2 heterocycles. The SMILES string of the molecule is Cc1ccc(-c2nn(-c3ccccc3)cc2[C@H]2NC(=O)c3ccccc3N2)cc1. The van der Waals surface area contributed by atoms with Gasteiger partial charge in [0.15, 0.2) is 0 Å². The van der Waals surface area contributed by atoms with Gasteiger partial charge in [0.05, 0.1) is 16.9 Å². The van der Waals surface area contributed by atoms with Crippen LogP contribution < -0.4 is 10.6 Å². The predicted octanol–water partition coefficient (Wildman–Crippen LogP) is 4.70. The lowest BCUT2D eigenvalue weighted by molar-refractivity contribution is 0.0936. The Bertz CT molecular complexity index is 1180. The van der Waals surface area contributed by atoms with Crippen LogP contribution in [0.1, 0.15) is 27.7 Å². The van der Waals surface area contributed by atoms with E-state index in [1.54, 1.807) is 0 Å². The number of benzene rings is 3. The number of aryl methyl sites for hydroxylation is 1. The molecule has 5 rings (SSSR count). The molecule has 0 unspecified atom stereocenters. The largest absolute Gasteiger partial charge is 0.361 e. The summed E-state index contributed by atoms with van der Waals surface area (Å²) in [6.07, 6.45) is 1.61. The van der Waals surface area contributed by atoms with Gasteiger partial charge in [0.1, 0.15) is 6.17 Å². The number of carbonyl (C=O) groups excluding carboxylic acids is 1. The summed E-state index contributed by atoms with van der Waals surface area (Å²) < 4.78 is 1.86. The van der Waals surface area contributed by atoms with E-state index >= 15 is 0 Å². The van der Waals surface area contributed by atoms with Gasteiger partial charge in [0, 0.05) is 23.0 Å². The van der Waals surface area contributed by atoms with Crippen molar-refractivity contribution in [2.75, 3.05) is 5.32 Å². The van der Waals surface area contributed by atoms with Crippen LogP contribution in [0.5, 0.6) is 0 Å². The monoisotopic (exact) mass is 380 g/mol. The number of carbonyl (C=O) groups is 1. The first-order valence-corrected chi connectivity index (χ1v) is 9.57. The van der Waals surface area contributed by atoms with Gasteiger partial charge < -0.3 is 10.6 Å². The number of rotatable bonds is 3. The highest BCUT2D eigenvalue weighted by atomic mass is 16.2. The molecule has 0 saturated heterocycles. The van der Waals surface area contributed by atoms with Crippen LogP contribution >= 0.6 is 0 Å². The first-order valence-electron chi connectivity index (χ1n) is 9.57. The number of aromatic nitrogens is 2. The number of anilines is 1. The van der Waals surface area contributed by atoms with Gasteiger partial charge >= 0.3 is 0 Å². The van der Waals surface area contributed by atoms with Crippen LogP contribution in [0, 0.1) is 6.92 Å². The van der Waals surface area contributed by atoms with E-state index in [1.807, 2.05) is 65.5 Å². The van der Waals surface area contributed by atoms with E-state index in [2.05, 4.69) is 41.8 Å². The lowest BCUT2D eigenvalue weighted by atomic mass is 10.0. The molecule has 29 heavy (non-hydrogen) atoms. The third-order valence-electron chi connectivity index (χ3n) is 5.15. The van der Waals surface area contributed by atoms with E-state index in [1.165, 1.54) is 5.56 Å². The maximum atomic E-state index is 12.7. The Kier molecular flexibility index (Phi) is 4.13. The van der Waals surface area contributed by atoms with E-state index in [0.29, 0.717) is 5.56 Å². The zero-order valence-electron chi connectivity index (χ0n) is 16.0. The van der Waals surface area contributed by atoms with E-state index in [0.717, 1.165) is 28.2 Å². The fourth-order valence-corrected chi connectivity index (χ4v) is 3.61. The minimum Gasteiger partial charge on any atom is -0.361 e. The fraction of sp³-hybridized carbons (Fsp3) is 0.0833. The standard InChI is InChI=1S/C24H20N4O/c1-16-11-13-17(14-12-16)22-20(15-28(27-22)18-7-3-2-4-8-18)23-25-21-10-6-5-9-19(21)24(29)26-23/h2-15,23,25H,1H3,(H,26,29)/t23-/m1/s1. The molecule has 1 amide bonds. The van der Waals surface area contributed by atoms with Gasteiger partial charge in [0.2, 0.25) is 0 Å². The van der Waals surface area contributed by atoms with E-state index in [-0.39, 0.29) is 12.1 Å². The van der Waals surface area contributed by atoms with Crippen molar-refractivity contribution >= 4 is 11.6 Å². The van der Waals surface area contributed by atoms with Crippen LogP contribution in [0.2, 0.25) is 0 Å². The van der Waals surface area contributed by atoms with E-state index < -0.39 is 0 Å². The molecular formula is C24H20N4O. The first kappa shape index (κ1) is 17.3. The first-order chi connectivity index (χ1) is 14.2. The topological polar surface area (TPSA) is 59.0 Å². The molecule has 1 aliphatic rings. The van der Waals surface area contributed by atoms with Crippen molar-refractivity contribution < 1.29 is 4.79 Å². The molecule has 1 atom stereocenters. The van der Waals surface area contributed by atoms with Crippen molar-refractivity contribution in [3.05, 3.63) is 102 Å². The van der Waals surface area contributed by atoms with Gasteiger partial charge in [-0.05, 0) is 31.2 Å². The second kappa shape index (κ2) is 6.95. The number of para-hydroxylation sites is 2. The highest BCUT2D eigenvalue weighted by molar-refractivity contribution is 6.01. The van der Waals surface area contributed by atoms with Crippen molar-refractivity contribution in [2.45, 2.75) is 13.1 Å². The lowest BCUT2D eigenvalue weighted by Gasteiger charge is -2.27. The minimum atomic E-state index is -0.369. The maximum absolute atomic E-state index is 12.7. The Morgan fingerprint density at radius 3 is 2.38 bits per heavy atom. The molecule has 0 fully saturated rings. The number of fused-ring (bicyclic) bond motifs is 1. The molecule has 1 aromatic heterocycles. The summed E-state index contributed by atoms with van der Waals surface area (Å²) in [5.74, 6) is -0.0910. The highest BCUT2D eigenvalue weighted by Gasteiger charge is 2.28. The Morgan fingerprint density at radius 1 is 0.862 bits per heavy atom. The highest BCUT2D eigenvalue weighted by Crippen LogP contribution is 2.32. The Labute approximate surface area is 169 Å². The predicted molar refractivity (Wildman–Crippen MR) is 114 cm³/mol. The van der Waals surface area contributed by atoms with E-state index in [4.69, 9.17) is 5.10 Å². The maximum Gasteiger partial charge on any atom is 0.255 e. The molecule has 142 valence electrons. The number of nitrogens with zero attached hydrogens (tertiary/aromatic N) is 2. The van der Waals surface area contributed by atoms with Crippen molar-refractivity contribution in [3.63, 3.8) is 0 Å². The summed E-state index contributed by atoms with van der Waals surface area (Å²) >= 11 is 0. The number of hydrogen-bond acceptors (Lipinski definition) is 3. The molecule has 0 aliphatic carbocycles. The average Bonchev–Trinajstić information content (AvgIpc) is 3.20. The molecule has 0 bridgehead atoms. The lowest BCUT2D eigenvalue weighted by Crippen LogP contribution is -2.38. The van der Waals surface area contributed by atoms with Crippen molar-refractivity contribution in [1.29, 1.82) is 0 Å². The van der Waals surface area contributed by atoms with Crippen molar-refractivity contribution in [2.24, 2.45) is 0 Å². The number of hydrogen-bond donors (Lipinski definition) is 2. The van der Waals surface area contributed by atoms with Gasteiger partial charge in [-0.1, -0.05) is 60.2 Å². The molecule has 2 N–H and O–H groups in total. The molecule has 5 nitrogen and oxygen atoms in total. The third kappa shape index (κ3) is 3.17. The zero-order chi connectivity index (χ0) is 19.8. The van der Waals surface area contributed by atoms with E-state index in [9.17, 15) is 4.79 Å². The van der Waals surface area contributed by atoms with Gasteiger partial charge in [-0.2, -0.15) is 5.10 Å². The molecule has 5 heteroatoms. The summed E-state index contributed by atoms with van der Waals surface area (Å²) in [4.78, 5) is 12.7. The van der Waals surface area contributed by atoms with Gasteiger partial charge in [-0.3, -0.25) is 4.79 Å². The van der Waals surface area contributed by atoms with Crippen molar-refractivity contribution in [1.82, 2.24) is 15.1 Å². The molecule has 3 aromatic carbocycles. The minimum absolute atomic E-state index is 0.0910. The zero-order valence-corrected chi connectivity index (χ0v) is 16.0. The van der Waals surface area contributed by atoms with Crippen LogP contribution in [0.15, 0.2) is 85.1 Å². The van der Waals surface area contributed by atoms with Gasteiger partial charge in [0.25, 0.3) is 5.91 Å². The number of nitrogens with one attached hydrogen (secondary N) is 2. The average molecular weight is 380 g/mol. The molecule has 1 aliphatic heterocycles. The second-order valence-corrected chi connectivity index (χ2v) is 7.18. The molecule has 0 saturated carbocycles. The Balaban J connectivity index is 1.62. The second-order valence-electron chi connectivity index (χ2n) is 7.18. The van der Waals surface area contributed by atoms with Crippen LogP contribution in [0.4, 0.5) is 5.69 Å². The molecule has 0 radical (unpaired) electrons. The summed E-state index contributed by atoms with van der Waals surface area (Å²) in [6, 6.07) is 25.8. The van der Waals surface area contributed by atoms with Crippen LogP contribution in [-0.4, -0.2) is 15.7 Å². The normalized spacial score (nSPS) is 15.3. The summed E-state index contributed by atoms with van der Waals surface area (Å²) in [5.41, 5.74) is 6.40. The summed E-state index contributed by atoms with van der Waals surface area (Å²) in [5, 5.41) is 11.4. The fourth-order valence-electron chi connectivity index (χ4n) is 3.61. The summed E-state index contributed by atoms with van der Waals surface area (Å²) in [6.45, 7) is 2.06. The van der Waals surface area contributed by atoms with Crippen LogP contribution in [-0.2, 0) is 0 Å². The van der Waals surface area contributed by atoms with Crippen LogP contribution in [0.25, 0.3) is 16.9 Å². The third-order valence-corrected chi connectivity index (χ3v) is 5.15. The number of amides is 1. The summed E-state index contributed by atoms with van der Waals surface area (Å²) in [7, 11) is 0. The smallest absolute Gasteiger partial charge is 0.255 e. The molecular weight excluding hydrogens is 360 g/mol. The molecule has 4 aromatic rings. The van der Waals surface area contributed by atoms with Gasteiger partial charge in [-0.25, -0.2) is 4.68 Å². The quantitative estimate of drug-likeness (QED) is 0.542. The van der Waals surface area contributed by atoms with Crippen molar-refractivity contribution in [3.8, 4) is 16.9 Å². The molecule has 0 spiro atoms. The Hall–Kier alpha value is -3.86. The Morgan fingerprint density at radius 2 is 1.59 bits per heavy atom. The van der Waals surface area contributed by atoms with Gasteiger partial charge in [-0.15, -0.1) is 0 Å². The van der Waals surface area contributed by atoms with Crippen LogP contribution in [0.3, 0.4) is 0 Å².